The lowest BCUT2D eigenvalue weighted by molar-refractivity contribution is -0.00316. The maximum absolute atomic E-state index is 12.9. The second-order valence-corrected chi connectivity index (χ2v) is 10.1. The number of carbonyl (C=O) groups is 1. The molecule has 1 aliphatic carbocycles. The molecule has 3 aromatic rings. The average Bonchev–Trinajstić information content (AvgIpc) is 3.10. The van der Waals surface area contributed by atoms with Gasteiger partial charge >= 0.3 is 5.97 Å². The van der Waals surface area contributed by atoms with Crippen molar-refractivity contribution in [1.82, 2.24) is 0 Å². The van der Waals surface area contributed by atoms with E-state index in [1.807, 2.05) is 31.2 Å². The third-order valence-electron chi connectivity index (χ3n) is 6.06. The minimum Gasteiger partial charge on any atom is -0.442 e. The van der Waals surface area contributed by atoms with E-state index in [9.17, 15) is 4.79 Å². The molecular formula is C27H27O2S+. The second kappa shape index (κ2) is 8.13. The van der Waals surface area contributed by atoms with Gasteiger partial charge in [-0.25, -0.2) is 4.79 Å². The van der Waals surface area contributed by atoms with Crippen LogP contribution < -0.4 is 0 Å². The van der Waals surface area contributed by atoms with Crippen LogP contribution in [0.25, 0.3) is 15.0 Å². The molecule has 2 aromatic carbocycles. The molecule has 0 aliphatic heterocycles. The van der Waals surface area contributed by atoms with Crippen molar-refractivity contribution in [3.8, 4) is 17.2 Å². The lowest BCUT2D eigenvalue weighted by atomic mass is 9.80. The number of carbonyl (C=O) groups excluding carboxylic acids is 1. The zero-order valence-corrected chi connectivity index (χ0v) is 18.6. The summed E-state index contributed by atoms with van der Waals surface area (Å²) in [6.07, 6.45) is 11.1. The molecule has 0 spiro atoms. The zero-order chi connectivity index (χ0) is 21.3. The molecule has 1 aliphatic rings. The molecule has 152 valence electrons. The molecule has 3 atom stereocenters. The third kappa shape index (κ3) is 3.80. The van der Waals surface area contributed by atoms with Gasteiger partial charge in [0.1, 0.15) is 5.38 Å². The Kier molecular flexibility index (Phi) is 5.54. The molecule has 1 aromatic heterocycles. The molecule has 0 saturated heterocycles. The summed E-state index contributed by atoms with van der Waals surface area (Å²) in [5.41, 5.74) is 2.23. The van der Waals surface area contributed by atoms with Gasteiger partial charge in [-0.15, -0.1) is 6.42 Å². The molecule has 0 amide bonds. The fourth-order valence-corrected chi connectivity index (χ4v) is 6.35. The highest BCUT2D eigenvalue weighted by molar-refractivity contribution is 7.43. The van der Waals surface area contributed by atoms with Crippen LogP contribution in [0.3, 0.4) is 0 Å². The summed E-state index contributed by atoms with van der Waals surface area (Å²) in [6, 6.07) is 16.3. The first-order chi connectivity index (χ1) is 14.4. The van der Waals surface area contributed by atoms with Crippen LogP contribution in [0.4, 0.5) is 0 Å². The van der Waals surface area contributed by atoms with Crippen molar-refractivity contribution < 1.29 is 9.53 Å². The lowest BCUT2D eigenvalue weighted by Crippen LogP contribution is -2.38. The Labute approximate surface area is 181 Å². The number of benzene rings is 2. The van der Waals surface area contributed by atoms with E-state index < -0.39 is 5.60 Å². The standard InChI is InChI=1S/C27H27O2S/c1-5-27(4,22-10-8-9-19(2)17-22)29-26(28)21-13-15-23(16-14-21)30-18-20(3)24-11-6-7-12-25(24)30/h1,6-7,11-18,22H,8-10H2,2-4H3/q+1. The van der Waals surface area contributed by atoms with Crippen LogP contribution in [-0.4, -0.2) is 11.6 Å². The van der Waals surface area contributed by atoms with Crippen LogP contribution in [-0.2, 0) is 4.74 Å². The van der Waals surface area contributed by atoms with Crippen LogP contribution in [0, 0.1) is 25.2 Å². The van der Waals surface area contributed by atoms with E-state index in [-0.39, 0.29) is 22.4 Å². The van der Waals surface area contributed by atoms with E-state index in [1.54, 1.807) is 0 Å². The maximum Gasteiger partial charge on any atom is 0.339 e. The number of allylic oxidation sites excluding steroid dienone is 1. The van der Waals surface area contributed by atoms with Crippen molar-refractivity contribution in [1.29, 1.82) is 0 Å². The number of esters is 1. The zero-order valence-electron chi connectivity index (χ0n) is 17.8. The molecular weight excluding hydrogens is 388 g/mol. The first-order valence-electron chi connectivity index (χ1n) is 10.4. The Morgan fingerprint density at radius 3 is 2.60 bits per heavy atom. The molecule has 4 rings (SSSR count). The van der Waals surface area contributed by atoms with E-state index in [0.29, 0.717) is 5.56 Å². The SMILES string of the molecule is C#CC(C)(OC(=O)c1ccc(-[s+]2cc(C)c3ccccc32)cc1)C1C=C(C)CCC1. The van der Waals surface area contributed by atoms with Gasteiger partial charge < -0.3 is 4.74 Å². The minimum atomic E-state index is -0.927. The first-order valence-corrected chi connectivity index (χ1v) is 11.7. The summed E-state index contributed by atoms with van der Waals surface area (Å²) in [5.74, 6) is 2.45. The van der Waals surface area contributed by atoms with Gasteiger partial charge in [-0.1, -0.05) is 29.7 Å². The van der Waals surface area contributed by atoms with Gasteiger partial charge in [0, 0.05) is 27.3 Å². The Bertz CT molecular complexity index is 1160. The Morgan fingerprint density at radius 1 is 1.17 bits per heavy atom. The second-order valence-electron chi connectivity index (χ2n) is 8.31. The lowest BCUT2D eigenvalue weighted by Gasteiger charge is -2.33. The topological polar surface area (TPSA) is 26.3 Å². The number of hydrogen-bond donors (Lipinski definition) is 0. The molecule has 3 unspecified atom stereocenters. The van der Waals surface area contributed by atoms with Crippen LogP contribution >= 0.6 is 10.5 Å². The number of rotatable bonds is 4. The minimum absolute atomic E-state index is 0.0593. The van der Waals surface area contributed by atoms with Crippen molar-refractivity contribution in [3.63, 3.8) is 0 Å². The predicted octanol–water partition coefficient (Wildman–Crippen LogP) is 7.18. The molecule has 3 heteroatoms. The maximum atomic E-state index is 12.9. The summed E-state index contributed by atoms with van der Waals surface area (Å²) >= 11 is 0. The normalized spacial score (nSPS) is 18.9. The Hall–Kier alpha value is -2.83. The fourth-order valence-electron chi connectivity index (χ4n) is 4.23. The van der Waals surface area contributed by atoms with Crippen LogP contribution in [0.15, 0.2) is 65.6 Å². The number of hydrogen-bond acceptors (Lipinski definition) is 2. The molecule has 0 saturated carbocycles. The fraction of sp³-hybridized carbons (Fsp3) is 0.296. The monoisotopic (exact) mass is 415 g/mol. The Balaban J connectivity index is 1.57. The first kappa shape index (κ1) is 20.4. The van der Waals surface area contributed by atoms with Gasteiger partial charge in [-0.05, 0) is 76.4 Å². The molecule has 1 heterocycles. The van der Waals surface area contributed by atoms with E-state index in [2.05, 4.69) is 55.5 Å². The summed E-state index contributed by atoms with van der Waals surface area (Å²) in [4.78, 5) is 14.1. The quantitative estimate of drug-likeness (QED) is 0.195. The van der Waals surface area contributed by atoms with Gasteiger partial charge in [0.2, 0.25) is 0 Å². The molecule has 0 N–H and O–H groups in total. The van der Waals surface area contributed by atoms with Gasteiger partial charge in [-0.2, -0.15) is 0 Å². The van der Waals surface area contributed by atoms with Crippen molar-refractivity contribution in [2.24, 2.45) is 5.92 Å². The molecule has 0 fully saturated rings. The molecule has 30 heavy (non-hydrogen) atoms. The highest BCUT2D eigenvalue weighted by atomic mass is 32.2. The highest BCUT2D eigenvalue weighted by Gasteiger charge is 2.36. The smallest absolute Gasteiger partial charge is 0.339 e. The van der Waals surface area contributed by atoms with E-state index in [4.69, 9.17) is 11.2 Å². The largest absolute Gasteiger partial charge is 0.442 e. The van der Waals surface area contributed by atoms with Crippen LogP contribution in [0.5, 0.6) is 0 Å². The number of aryl methyl sites for hydroxylation is 1. The number of fused-ring (bicyclic) bond motifs is 1. The van der Waals surface area contributed by atoms with Gasteiger partial charge in [0.15, 0.2) is 15.2 Å². The Morgan fingerprint density at radius 2 is 1.90 bits per heavy atom. The summed E-state index contributed by atoms with van der Waals surface area (Å²) in [5, 5.41) is 3.62. The summed E-state index contributed by atoms with van der Waals surface area (Å²) in [6.45, 7) is 6.12. The van der Waals surface area contributed by atoms with Crippen molar-refractivity contribution in [2.75, 3.05) is 0 Å². The number of ether oxygens (including phenoxy) is 1. The number of thiophene rings is 1. The van der Waals surface area contributed by atoms with Crippen molar-refractivity contribution in [3.05, 3.63) is 76.7 Å². The predicted molar refractivity (Wildman–Crippen MR) is 126 cm³/mol. The third-order valence-corrected chi connectivity index (χ3v) is 8.26. The van der Waals surface area contributed by atoms with Gasteiger partial charge in [0.25, 0.3) is 0 Å². The van der Waals surface area contributed by atoms with E-state index in [1.165, 1.54) is 26.1 Å². The van der Waals surface area contributed by atoms with Crippen LogP contribution in [0.2, 0.25) is 0 Å². The molecule has 2 nitrogen and oxygen atoms in total. The summed E-state index contributed by atoms with van der Waals surface area (Å²) < 4.78 is 7.21. The van der Waals surface area contributed by atoms with E-state index in [0.717, 1.165) is 19.3 Å². The van der Waals surface area contributed by atoms with Crippen molar-refractivity contribution >= 4 is 26.5 Å². The average molecular weight is 416 g/mol. The van der Waals surface area contributed by atoms with Gasteiger partial charge in [0.05, 0.1) is 5.56 Å². The molecule has 0 bridgehead atoms. The summed E-state index contributed by atoms with van der Waals surface area (Å²) in [7, 11) is -0.1000. The van der Waals surface area contributed by atoms with Crippen LogP contribution in [0.1, 0.15) is 49.0 Å². The van der Waals surface area contributed by atoms with E-state index >= 15 is 0 Å². The molecule has 0 radical (unpaired) electrons. The van der Waals surface area contributed by atoms with Gasteiger partial charge in [-0.3, -0.25) is 0 Å². The number of terminal acetylenes is 1. The van der Waals surface area contributed by atoms with Crippen molar-refractivity contribution in [2.45, 2.75) is 45.6 Å². The highest BCUT2D eigenvalue weighted by Crippen LogP contribution is 2.42.